The van der Waals surface area contributed by atoms with Crippen molar-refractivity contribution in [2.75, 3.05) is 0 Å². The molecule has 2 aromatic rings. The van der Waals surface area contributed by atoms with Crippen molar-refractivity contribution in [2.45, 2.75) is 0 Å². The molecule has 1 N–H and O–H groups in total. The summed E-state index contributed by atoms with van der Waals surface area (Å²) < 4.78 is 4.84. The van der Waals surface area contributed by atoms with Crippen LogP contribution in [-0.4, -0.2) is 16.0 Å². The molecule has 0 spiro atoms. The molecule has 0 radical (unpaired) electrons. The van der Waals surface area contributed by atoms with Crippen molar-refractivity contribution in [1.29, 1.82) is 0 Å². The number of carboxylic acid groups (broad SMARTS) is 1. The highest BCUT2D eigenvalue weighted by atomic mass is 16.6. The van der Waals surface area contributed by atoms with Crippen molar-refractivity contribution in [3.8, 4) is 0 Å². The van der Waals surface area contributed by atoms with E-state index in [-0.39, 0.29) is 11.0 Å². The molecule has 1 heterocycles. The Morgan fingerprint density at radius 2 is 2.07 bits per heavy atom. The number of aromatic carboxylic acids is 1. The van der Waals surface area contributed by atoms with E-state index in [4.69, 9.17) is 9.52 Å². The average molecular weight is 207 g/mol. The molecule has 0 unspecified atom stereocenters. The molecule has 15 heavy (non-hydrogen) atoms. The van der Waals surface area contributed by atoms with E-state index >= 15 is 0 Å². The molecule has 0 atom stereocenters. The smallest absolute Gasteiger partial charge is 0.448 e. The number of rotatable bonds is 2. The molecule has 1 aromatic heterocycles. The van der Waals surface area contributed by atoms with E-state index in [1.807, 2.05) is 0 Å². The highest BCUT2D eigenvalue weighted by Crippen LogP contribution is 2.31. The number of nitro groups is 1. The molecule has 2 rings (SSSR count). The molecular formula is C9H5NO5. The number of fused-ring (bicyclic) bond motifs is 1. The van der Waals surface area contributed by atoms with Gasteiger partial charge in [-0.1, -0.05) is 12.1 Å². The van der Waals surface area contributed by atoms with Crippen molar-refractivity contribution in [3.63, 3.8) is 0 Å². The lowest BCUT2D eigenvalue weighted by molar-refractivity contribution is -0.401. The fourth-order valence-electron chi connectivity index (χ4n) is 1.37. The number of carbonyl (C=O) groups is 1. The third kappa shape index (κ3) is 1.32. The van der Waals surface area contributed by atoms with E-state index in [0.717, 1.165) is 0 Å². The Balaban J connectivity index is 2.86. The molecule has 0 saturated carbocycles. The van der Waals surface area contributed by atoms with Gasteiger partial charge in [0.2, 0.25) is 0 Å². The fraction of sp³-hybridized carbons (Fsp3) is 0. The summed E-state index contributed by atoms with van der Waals surface area (Å²) >= 11 is 0. The Kier molecular flexibility index (Phi) is 1.89. The Bertz CT molecular complexity index is 557. The minimum absolute atomic E-state index is 0.196. The largest absolute Gasteiger partial charge is 0.477 e. The van der Waals surface area contributed by atoms with Crippen LogP contribution in [0.4, 0.5) is 5.88 Å². The maximum atomic E-state index is 10.8. The first-order chi connectivity index (χ1) is 7.11. The Labute approximate surface area is 82.9 Å². The number of nitrogens with zero attached hydrogens (tertiary/aromatic N) is 1. The van der Waals surface area contributed by atoms with Crippen molar-refractivity contribution < 1.29 is 19.2 Å². The molecule has 6 nitrogen and oxygen atoms in total. The van der Waals surface area contributed by atoms with Crippen LogP contribution in [0.5, 0.6) is 0 Å². The molecular weight excluding hydrogens is 202 g/mol. The van der Waals surface area contributed by atoms with E-state index < -0.39 is 22.3 Å². The molecule has 0 aliphatic carbocycles. The molecule has 0 aliphatic rings. The summed E-state index contributed by atoms with van der Waals surface area (Å²) in [4.78, 5) is 20.5. The number of benzene rings is 1. The van der Waals surface area contributed by atoms with E-state index in [0.29, 0.717) is 0 Å². The van der Waals surface area contributed by atoms with Gasteiger partial charge in [0, 0.05) is 5.39 Å². The van der Waals surface area contributed by atoms with Crippen LogP contribution in [0.2, 0.25) is 0 Å². The molecule has 76 valence electrons. The molecule has 0 saturated heterocycles. The lowest BCUT2D eigenvalue weighted by atomic mass is 10.2. The van der Waals surface area contributed by atoms with E-state index in [1.54, 1.807) is 12.1 Å². The van der Waals surface area contributed by atoms with E-state index in [1.165, 1.54) is 12.1 Å². The quantitative estimate of drug-likeness (QED) is 0.600. The minimum Gasteiger partial charge on any atom is -0.477 e. The van der Waals surface area contributed by atoms with E-state index in [9.17, 15) is 14.9 Å². The number of furan rings is 1. The first-order valence-corrected chi connectivity index (χ1v) is 4.00. The van der Waals surface area contributed by atoms with Crippen LogP contribution in [0.3, 0.4) is 0 Å². The van der Waals surface area contributed by atoms with Crippen LogP contribution >= 0.6 is 0 Å². The van der Waals surface area contributed by atoms with Crippen LogP contribution in [0, 0.1) is 10.1 Å². The molecule has 6 heteroatoms. The summed E-state index contributed by atoms with van der Waals surface area (Å²) in [5.41, 5.74) is -0.211. The Hall–Kier alpha value is -2.37. The standard InChI is InChI=1S/C9H5NO5/c11-9(12)7-5-3-1-2-4-6(5)15-8(7)10(13)14/h1-4H,(H,11,12). The lowest BCUT2D eigenvalue weighted by Crippen LogP contribution is -1.99. The second kappa shape index (κ2) is 3.09. The van der Waals surface area contributed by atoms with Crippen molar-refractivity contribution >= 4 is 22.8 Å². The zero-order valence-corrected chi connectivity index (χ0v) is 7.34. The van der Waals surface area contributed by atoms with Crippen LogP contribution in [0.1, 0.15) is 10.4 Å². The summed E-state index contributed by atoms with van der Waals surface area (Å²) in [5, 5.41) is 19.6. The Morgan fingerprint density at radius 3 is 2.67 bits per heavy atom. The van der Waals surface area contributed by atoms with Gasteiger partial charge in [-0.2, -0.15) is 0 Å². The number of para-hydroxylation sites is 1. The van der Waals surface area contributed by atoms with Crippen LogP contribution in [0.15, 0.2) is 28.7 Å². The maximum Gasteiger partial charge on any atom is 0.448 e. The SMILES string of the molecule is O=C(O)c1c([N+](=O)[O-])oc2ccccc12. The summed E-state index contributed by atoms with van der Waals surface area (Å²) in [7, 11) is 0. The maximum absolute atomic E-state index is 10.8. The number of hydrogen-bond acceptors (Lipinski definition) is 4. The third-order valence-electron chi connectivity index (χ3n) is 1.96. The normalized spacial score (nSPS) is 10.4. The second-order valence-electron chi connectivity index (χ2n) is 2.84. The molecule has 0 aliphatic heterocycles. The van der Waals surface area contributed by atoms with Crippen LogP contribution in [0.25, 0.3) is 11.0 Å². The Morgan fingerprint density at radius 1 is 1.40 bits per heavy atom. The molecule has 0 bridgehead atoms. The second-order valence-corrected chi connectivity index (χ2v) is 2.84. The monoisotopic (exact) mass is 207 g/mol. The molecule has 0 amide bonds. The predicted octanol–water partition coefficient (Wildman–Crippen LogP) is 2.04. The number of hydrogen-bond donors (Lipinski definition) is 1. The average Bonchev–Trinajstić information content (AvgIpc) is 2.56. The zero-order chi connectivity index (χ0) is 11.0. The topological polar surface area (TPSA) is 93.6 Å². The lowest BCUT2D eigenvalue weighted by Gasteiger charge is -1.88. The van der Waals surface area contributed by atoms with Crippen LogP contribution in [-0.2, 0) is 0 Å². The summed E-state index contributed by atoms with van der Waals surface area (Å²) in [6.45, 7) is 0. The van der Waals surface area contributed by atoms with Gasteiger partial charge in [-0.05, 0) is 12.1 Å². The van der Waals surface area contributed by atoms with Crippen molar-refractivity contribution in [1.82, 2.24) is 0 Å². The van der Waals surface area contributed by atoms with Gasteiger partial charge in [-0.25, -0.2) is 4.79 Å². The summed E-state index contributed by atoms with van der Waals surface area (Å²) in [6, 6.07) is 6.15. The first-order valence-electron chi connectivity index (χ1n) is 4.00. The molecule has 1 aromatic carbocycles. The van der Waals surface area contributed by atoms with Crippen molar-refractivity contribution in [2.24, 2.45) is 0 Å². The predicted molar refractivity (Wildman–Crippen MR) is 49.8 cm³/mol. The van der Waals surface area contributed by atoms with Gasteiger partial charge in [0.1, 0.15) is 10.5 Å². The first kappa shape index (κ1) is 9.20. The van der Waals surface area contributed by atoms with Gasteiger partial charge in [-0.3, -0.25) is 10.1 Å². The summed E-state index contributed by atoms with van der Waals surface area (Å²) in [5.74, 6) is -2.10. The third-order valence-corrected chi connectivity index (χ3v) is 1.96. The zero-order valence-electron chi connectivity index (χ0n) is 7.34. The van der Waals surface area contributed by atoms with Crippen LogP contribution < -0.4 is 0 Å². The highest BCUT2D eigenvalue weighted by Gasteiger charge is 2.28. The van der Waals surface area contributed by atoms with Gasteiger partial charge in [-0.15, -0.1) is 0 Å². The molecule has 0 fully saturated rings. The fourth-order valence-corrected chi connectivity index (χ4v) is 1.37. The van der Waals surface area contributed by atoms with Gasteiger partial charge >= 0.3 is 11.9 Å². The highest BCUT2D eigenvalue weighted by molar-refractivity contribution is 6.05. The minimum atomic E-state index is -1.37. The van der Waals surface area contributed by atoms with E-state index in [2.05, 4.69) is 0 Å². The number of carboxylic acids is 1. The van der Waals surface area contributed by atoms with Gasteiger partial charge < -0.3 is 9.52 Å². The van der Waals surface area contributed by atoms with Gasteiger partial charge in [0.15, 0.2) is 5.56 Å². The van der Waals surface area contributed by atoms with Crippen molar-refractivity contribution in [3.05, 3.63) is 39.9 Å². The van der Waals surface area contributed by atoms with Gasteiger partial charge in [0.05, 0.1) is 0 Å². The summed E-state index contributed by atoms with van der Waals surface area (Å²) in [6.07, 6.45) is 0. The van der Waals surface area contributed by atoms with Gasteiger partial charge in [0.25, 0.3) is 0 Å².